The van der Waals surface area contributed by atoms with Gasteiger partial charge in [0.2, 0.25) is 11.6 Å². The molecule has 0 aliphatic carbocycles. The van der Waals surface area contributed by atoms with E-state index in [1.165, 1.54) is 9.80 Å². The highest BCUT2D eigenvalue weighted by Gasteiger charge is 2.61. The van der Waals surface area contributed by atoms with Gasteiger partial charge in [0.05, 0.1) is 11.3 Å². The lowest BCUT2D eigenvalue weighted by Crippen LogP contribution is -2.69. The first-order chi connectivity index (χ1) is 14.9. The standard InChI is InChI=1S/C24H26N2O5/c1-17(2)16-25-22(28)19-10-6-7-11-20(19)26-21(27)12-13-24(25,26)23(29)31-15-14-30-18-8-4-3-5-9-18/h3-11,17H,12-16H2,1-2H3/t24-/m1/s1. The Morgan fingerprint density at radius 1 is 1.03 bits per heavy atom. The summed E-state index contributed by atoms with van der Waals surface area (Å²) in [4.78, 5) is 42.7. The van der Waals surface area contributed by atoms with E-state index >= 15 is 0 Å². The second-order valence-electron chi connectivity index (χ2n) is 8.17. The fraction of sp³-hybridized carbons (Fsp3) is 0.375. The molecule has 7 nitrogen and oxygen atoms in total. The Kier molecular flexibility index (Phi) is 5.67. The van der Waals surface area contributed by atoms with Crippen molar-refractivity contribution in [3.63, 3.8) is 0 Å². The van der Waals surface area contributed by atoms with Gasteiger partial charge in [-0.05, 0) is 30.2 Å². The van der Waals surface area contributed by atoms with Crippen LogP contribution in [0.2, 0.25) is 0 Å². The Hall–Kier alpha value is -3.35. The van der Waals surface area contributed by atoms with Gasteiger partial charge in [0.1, 0.15) is 19.0 Å². The molecule has 0 radical (unpaired) electrons. The lowest BCUT2D eigenvalue weighted by atomic mass is 9.95. The van der Waals surface area contributed by atoms with E-state index in [1.807, 2.05) is 44.2 Å². The van der Waals surface area contributed by atoms with Crippen LogP contribution >= 0.6 is 0 Å². The van der Waals surface area contributed by atoms with E-state index in [-0.39, 0.29) is 43.8 Å². The molecule has 2 aromatic rings. The molecule has 1 fully saturated rings. The first-order valence-electron chi connectivity index (χ1n) is 10.5. The third-order valence-corrected chi connectivity index (χ3v) is 5.58. The molecule has 0 bridgehead atoms. The van der Waals surface area contributed by atoms with E-state index in [4.69, 9.17) is 9.47 Å². The number of carbonyl (C=O) groups excluding carboxylic acids is 3. The zero-order valence-electron chi connectivity index (χ0n) is 17.7. The van der Waals surface area contributed by atoms with Crippen molar-refractivity contribution in [2.45, 2.75) is 32.4 Å². The molecule has 0 aromatic heterocycles. The number of hydrogen-bond donors (Lipinski definition) is 0. The predicted octanol–water partition coefficient (Wildman–Crippen LogP) is 3.24. The highest BCUT2D eigenvalue weighted by atomic mass is 16.6. The van der Waals surface area contributed by atoms with E-state index in [0.717, 1.165) is 0 Å². The van der Waals surface area contributed by atoms with Crippen LogP contribution in [0.25, 0.3) is 0 Å². The Balaban J connectivity index is 1.61. The number of nitrogens with zero attached hydrogens (tertiary/aromatic N) is 2. The van der Waals surface area contributed by atoms with E-state index in [9.17, 15) is 14.4 Å². The van der Waals surface area contributed by atoms with Crippen LogP contribution in [0.4, 0.5) is 5.69 Å². The maximum absolute atomic E-state index is 13.4. The van der Waals surface area contributed by atoms with Crippen molar-refractivity contribution < 1.29 is 23.9 Å². The second-order valence-corrected chi connectivity index (χ2v) is 8.17. The Bertz CT molecular complexity index is 990. The number of anilines is 1. The van der Waals surface area contributed by atoms with Crippen LogP contribution in [0.5, 0.6) is 5.75 Å². The number of benzene rings is 2. The molecule has 0 unspecified atom stereocenters. The summed E-state index contributed by atoms with van der Waals surface area (Å²) in [7, 11) is 0. The van der Waals surface area contributed by atoms with Crippen molar-refractivity contribution in [3.8, 4) is 5.75 Å². The monoisotopic (exact) mass is 422 g/mol. The van der Waals surface area contributed by atoms with Crippen molar-refractivity contribution in [2.75, 3.05) is 24.7 Å². The summed E-state index contributed by atoms with van der Waals surface area (Å²) < 4.78 is 11.2. The van der Waals surface area contributed by atoms with Gasteiger partial charge >= 0.3 is 5.97 Å². The maximum Gasteiger partial charge on any atom is 0.353 e. The largest absolute Gasteiger partial charge is 0.490 e. The minimum absolute atomic E-state index is 0.0167. The van der Waals surface area contributed by atoms with Gasteiger partial charge in [-0.2, -0.15) is 0 Å². The third-order valence-electron chi connectivity index (χ3n) is 5.58. The molecular formula is C24H26N2O5. The molecule has 2 amide bonds. The normalized spacial score (nSPS) is 20.0. The fourth-order valence-electron chi connectivity index (χ4n) is 4.29. The van der Waals surface area contributed by atoms with Crippen LogP contribution in [0, 0.1) is 5.92 Å². The third kappa shape index (κ3) is 3.65. The van der Waals surface area contributed by atoms with Crippen LogP contribution in [0.15, 0.2) is 54.6 Å². The minimum atomic E-state index is -1.46. The maximum atomic E-state index is 13.4. The number of esters is 1. The van der Waals surface area contributed by atoms with E-state index in [0.29, 0.717) is 23.5 Å². The van der Waals surface area contributed by atoms with Gasteiger partial charge in [0, 0.05) is 19.4 Å². The summed E-state index contributed by atoms with van der Waals surface area (Å²) >= 11 is 0. The molecular weight excluding hydrogens is 396 g/mol. The van der Waals surface area contributed by atoms with Gasteiger partial charge in [-0.3, -0.25) is 14.5 Å². The molecule has 4 rings (SSSR count). The zero-order valence-corrected chi connectivity index (χ0v) is 17.7. The summed E-state index contributed by atoms with van der Waals surface area (Å²) in [5.41, 5.74) is -0.568. The molecule has 2 aromatic carbocycles. The van der Waals surface area contributed by atoms with Gasteiger partial charge in [-0.25, -0.2) is 4.79 Å². The van der Waals surface area contributed by atoms with Crippen LogP contribution in [-0.4, -0.2) is 48.1 Å². The van der Waals surface area contributed by atoms with Crippen molar-refractivity contribution in [3.05, 3.63) is 60.2 Å². The summed E-state index contributed by atoms with van der Waals surface area (Å²) in [5, 5.41) is 0. The Labute approximate surface area is 181 Å². The molecule has 2 aliphatic heterocycles. The van der Waals surface area contributed by atoms with Gasteiger partial charge in [0.15, 0.2) is 0 Å². The van der Waals surface area contributed by atoms with Crippen LogP contribution in [0.1, 0.15) is 37.0 Å². The van der Waals surface area contributed by atoms with E-state index in [1.54, 1.807) is 24.3 Å². The molecule has 162 valence electrons. The molecule has 31 heavy (non-hydrogen) atoms. The predicted molar refractivity (Wildman–Crippen MR) is 115 cm³/mol. The van der Waals surface area contributed by atoms with Gasteiger partial charge in [-0.15, -0.1) is 0 Å². The lowest BCUT2D eigenvalue weighted by molar-refractivity contribution is -0.158. The number of rotatable bonds is 7. The first kappa shape index (κ1) is 20.9. The molecule has 2 heterocycles. The first-order valence-corrected chi connectivity index (χ1v) is 10.5. The van der Waals surface area contributed by atoms with Gasteiger partial charge < -0.3 is 14.4 Å². The number of hydrogen-bond acceptors (Lipinski definition) is 5. The molecule has 2 aliphatic rings. The van der Waals surface area contributed by atoms with Crippen LogP contribution in [-0.2, 0) is 14.3 Å². The Morgan fingerprint density at radius 2 is 1.74 bits per heavy atom. The summed E-state index contributed by atoms with van der Waals surface area (Å²) in [6.07, 6.45) is 0.378. The Morgan fingerprint density at radius 3 is 2.48 bits per heavy atom. The molecule has 1 atom stereocenters. The van der Waals surface area contributed by atoms with E-state index in [2.05, 4.69) is 0 Å². The fourth-order valence-corrected chi connectivity index (χ4v) is 4.29. The van der Waals surface area contributed by atoms with Crippen molar-refractivity contribution in [1.29, 1.82) is 0 Å². The average Bonchev–Trinajstić information content (AvgIpc) is 3.13. The molecule has 7 heteroatoms. The SMILES string of the molecule is CC(C)CN1C(=O)c2ccccc2N2C(=O)CC[C@@]12C(=O)OCCOc1ccccc1. The molecule has 0 N–H and O–H groups in total. The van der Waals surface area contributed by atoms with Crippen molar-refractivity contribution >= 4 is 23.5 Å². The van der Waals surface area contributed by atoms with Crippen LogP contribution < -0.4 is 9.64 Å². The average molecular weight is 422 g/mol. The molecule has 0 spiro atoms. The zero-order chi connectivity index (χ0) is 22.0. The summed E-state index contributed by atoms with van der Waals surface area (Å²) in [6, 6.07) is 16.2. The van der Waals surface area contributed by atoms with Gasteiger partial charge in [0.25, 0.3) is 5.91 Å². The lowest BCUT2D eigenvalue weighted by Gasteiger charge is -2.48. The highest BCUT2D eigenvalue weighted by molar-refractivity contribution is 6.15. The quantitative estimate of drug-likeness (QED) is 0.506. The molecule has 0 saturated carbocycles. The minimum Gasteiger partial charge on any atom is -0.490 e. The number of amides is 2. The molecule has 1 saturated heterocycles. The second kappa shape index (κ2) is 8.41. The number of carbonyl (C=O) groups is 3. The van der Waals surface area contributed by atoms with Gasteiger partial charge in [-0.1, -0.05) is 44.2 Å². The number of ether oxygens (including phenoxy) is 2. The van der Waals surface area contributed by atoms with E-state index < -0.39 is 11.6 Å². The van der Waals surface area contributed by atoms with Crippen molar-refractivity contribution in [2.24, 2.45) is 5.92 Å². The van der Waals surface area contributed by atoms with Crippen molar-refractivity contribution in [1.82, 2.24) is 4.90 Å². The topological polar surface area (TPSA) is 76.2 Å². The highest BCUT2D eigenvalue weighted by Crippen LogP contribution is 2.45. The summed E-state index contributed by atoms with van der Waals surface area (Å²) in [5.74, 6) is -0.257. The smallest absolute Gasteiger partial charge is 0.353 e. The number of fused-ring (bicyclic) bond motifs is 3. The van der Waals surface area contributed by atoms with Crippen LogP contribution in [0.3, 0.4) is 0 Å². The summed E-state index contributed by atoms with van der Waals surface area (Å²) in [6.45, 7) is 4.48. The number of para-hydroxylation sites is 2.